The molecule has 5 heteroatoms. The summed E-state index contributed by atoms with van der Waals surface area (Å²) in [6.07, 6.45) is 5.09. The van der Waals surface area contributed by atoms with Gasteiger partial charge < -0.3 is 14.5 Å². The van der Waals surface area contributed by atoms with Crippen molar-refractivity contribution in [1.29, 1.82) is 0 Å². The summed E-state index contributed by atoms with van der Waals surface area (Å²) in [5.74, 6) is 1.97. The number of ether oxygens (including phenoxy) is 1. The fourth-order valence-corrected chi connectivity index (χ4v) is 2.14. The standard InChI is InChI=1S/C13H23N3O2/c1-2-7-14-8-3-4-12-15-16-13(18-12)11-5-9-17-10-6-11/h11,14H,2-10H2,1H3. The molecule has 0 aliphatic carbocycles. The Morgan fingerprint density at radius 2 is 2.06 bits per heavy atom. The fraction of sp³-hybridized carbons (Fsp3) is 0.846. The minimum Gasteiger partial charge on any atom is -0.425 e. The number of hydrogen-bond donors (Lipinski definition) is 1. The number of nitrogens with zero attached hydrogens (tertiary/aromatic N) is 2. The quantitative estimate of drug-likeness (QED) is 0.752. The van der Waals surface area contributed by atoms with Crippen molar-refractivity contribution in [1.82, 2.24) is 15.5 Å². The highest BCUT2D eigenvalue weighted by Crippen LogP contribution is 2.25. The van der Waals surface area contributed by atoms with E-state index < -0.39 is 0 Å². The van der Waals surface area contributed by atoms with Gasteiger partial charge in [0, 0.05) is 25.6 Å². The second-order valence-electron chi connectivity index (χ2n) is 4.77. The molecule has 0 unspecified atom stereocenters. The van der Waals surface area contributed by atoms with Crippen LogP contribution in [0.25, 0.3) is 0 Å². The van der Waals surface area contributed by atoms with Gasteiger partial charge in [0.2, 0.25) is 11.8 Å². The largest absolute Gasteiger partial charge is 0.425 e. The number of hydrogen-bond acceptors (Lipinski definition) is 5. The van der Waals surface area contributed by atoms with Gasteiger partial charge in [-0.15, -0.1) is 10.2 Å². The van der Waals surface area contributed by atoms with E-state index in [2.05, 4.69) is 22.4 Å². The molecule has 0 atom stereocenters. The zero-order valence-corrected chi connectivity index (χ0v) is 11.2. The summed E-state index contributed by atoms with van der Waals surface area (Å²) < 4.78 is 11.1. The van der Waals surface area contributed by atoms with Gasteiger partial charge in [-0.25, -0.2) is 0 Å². The van der Waals surface area contributed by atoms with E-state index in [-0.39, 0.29) is 0 Å². The van der Waals surface area contributed by atoms with Crippen LogP contribution in [0.1, 0.15) is 50.3 Å². The number of aromatic nitrogens is 2. The van der Waals surface area contributed by atoms with Gasteiger partial charge in [-0.3, -0.25) is 0 Å². The first kappa shape index (κ1) is 13.5. The van der Waals surface area contributed by atoms with E-state index >= 15 is 0 Å². The predicted octanol–water partition coefficient (Wildman–Crippen LogP) is 1.90. The average molecular weight is 253 g/mol. The molecule has 0 aromatic carbocycles. The molecule has 1 fully saturated rings. The summed E-state index contributed by atoms with van der Waals surface area (Å²) in [5, 5.41) is 11.7. The molecule has 2 rings (SSSR count). The van der Waals surface area contributed by atoms with Gasteiger partial charge in [0.05, 0.1) is 0 Å². The first-order chi connectivity index (χ1) is 8.90. The third kappa shape index (κ3) is 4.07. The summed E-state index contributed by atoms with van der Waals surface area (Å²) in [6, 6.07) is 0. The van der Waals surface area contributed by atoms with Gasteiger partial charge in [0.1, 0.15) is 0 Å². The van der Waals surface area contributed by atoms with Gasteiger partial charge in [-0.2, -0.15) is 0 Å². The summed E-state index contributed by atoms with van der Waals surface area (Å²) in [7, 11) is 0. The van der Waals surface area contributed by atoms with Crippen molar-refractivity contribution in [2.75, 3.05) is 26.3 Å². The highest BCUT2D eigenvalue weighted by atomic mass is 16.5. The lowest BCUT2D eigenvalue weighted by Crippen LogP contribution is -2.16. The zero-order valence-electron chi connectivity index (χ0n) is 11.2. The summed E-state index contributed by atoms with van der Waals surface area (Å²) >= 11 is 0. The maximum Gasteiger partial charge on any atom is 0.219 e. The van der Waals surface area contributed by atoms with Gasteiger partial charge in [-0.1, -0.05) is 6.92 Å². The summed E-state index contributed by atoms with van der Waals surface area (Å²) in [5.41, 5.74) is 0. The lowest BCUT2D eigenvalue weighted by atomic mass is 10.0. The van der Waals surface area contributed by atoms with Crippen LogP contribution < -0.4 is 5.32 Å². The number of rotatable bonds is 7. The molecule has 0 saturated carbocycles. The fourth-order valence-electron chi connectivity index (χ4n) is 2.14. The van der Waals surface area contributed by atoms with Crippen molar-refractivity contribution in [3.8, 4) is 0 Å². The smallest absolute Gasteiger partial charge is 0.219 e. The third-order valence-electron chi connectivity index (χ3n) is 3.22. The molecule has 1 aromatic heterocycles. The summed E-state index contributed by atoms with van der Waals surface area (Å²) in [6.45, 7) is 5.89. The van der Waals surface area contributed by atoms with Crippen LogP contribution >= 0.6 is 0 Å². The molecule has 2 heterocycles. The maximum absolute atomic E-state index is 5.72. The van der Waals surface area contributed by atoms with Gasteiger partial charge in [0.15, 0.2) is 0 Å². The predicted molar refractivity (Wildman–Crippen MR) is 68.6 cm³/mol. The highest BCUT2D eigenvalue weighted by Gasteiger charge is 2.21. The third-order valence-corrected chi connectivity index (χ3v) is 3.22. The minimum absolute atomic E-state index is 0.401. The average Bonchev–Trinajstić information content (AvgIpc) is 2.88. The van der Waals surface area contributed by atoms with Crippen LogP contribution in [0.3, 0.4) is 0 Å². The molecule has 5 nitrogen and oxygen atoms in total. The van der Waals surface area contributed by atoms with E-state index in [1.165, 1.54) is 6.42 Å². The molecular formula is C13H23N3O2. The van der Waals surface area contributed by atoms with Crippen LogP contribution in [0.5, 0.6) is 0 Å². The maximum atomic E-state index is 5.72. The van der Waals surface area contributed by atoms with E-state index in [0.717, 1.165) is 63.8 Å². The lowest BCUT2D eigenvalue weighted by molar-refractivity contribution is 0.0791. The Labute approximate surface area is 108 Å². The molecule has 1 N–H and O–H groups in total. The van der Waals surface area contributed by atoms with Crippen LogP contribution in [0.4, 0.5) is 0 Å². The molecule has 0 spiro atoms. The van der Waals surface area contributed by atoms with Crippen molar-refractivity contribution >= 4 is 0 Å². The molecule has 1 aliphatic rings. The van der Waals surface area contributed by atoms with Crippen LogP contribution in [0, 0.1) is 0 Å². The van der Waals surface area contributed by atoms with E-state index in [4.69, 9.17) is 9.15 Å². The lowest BCUT2D eigenvalue weighted by Gasteiger charge is -2.18. The second-order valence-corrected chi connectivity index (χ2v) is 4.77. The van der Waals surface area contributed by atoms with E-state index in [1.807, 2.05) is 0 Å². The SMILES string of the molecule is CCCNCCCc1nnc(C2CCOCC2)o1. The summed E-state index contributed by atoms with van der Waals surface area (Å²) in [4.78, 5) is 0. The molecule has 1 aliphatic heterocycles. The zero-order chi connectivity index (χ0) is 12.6. The van der Waals surface area contributed by atoms with Crippen molar-refractivity contribution in [2.24, 2.45) is 0 Å². The first-order valence-corrected chi connectivity index (χ1v) is 7.01. The second kappa shape index (κ2) is 7.48. The van der Waals surface area contributed by atoms with Crippen molar-refractivity contribution in [3.05, 3.63) is 11.8 Å². The van der Waals surface area contributed by atoms with Crippen LogP contribution in [-0.2, 0) is 11.2 Å². The normalized spacial score (nSPS) is 17.2. The Bertz CT molecular complexity index is 335. The van der Waals surface area contributed by atoms with E-state index in [9.17, 15) is 0 Å². The Morgan fingerprint density at radius 1 is 1.22 bits per heavy atom. The Hall–Kier alpha value is -0.940. The molecule has 0 amide bonds. The minimum atomic E-state index is 0.401. The Morgan fingerprint density at radius 3 is 2.83 bits per heavy atom. The molecule has 102 valence electrons. The molecule has 1 saturated heterocycles. The van der Waals surface area contributed by atoms with Crippen molar-refractivity contribution in [2.45, 2.75) is 44.9 Å². The molecule has 18 heavy (non-hydrogen) atoms. The number of nitrogens with one attached hydrogen (secondary N) is 1. The van der Waals surface area contributed by atoms with Crippen LogP contribution in [-0.4, -0.2) is 36.5 Å². The van der Waals surface area contributed by atoms with E-state index in [1.54, 1.807) is 0 Å². The first-order valence-electron chi connectivity index (χ1n) is 7.01. The Balaban J connectivity index is 1.72. The highest BCUT2D eigenvalue weighted by molar-refractivity contribution is 4.92. The van der Waals surface area contributed by atoms with E-state index in [0.29, 0.717) is 5.92 Å². The topological polar surface area (TPSA) is 60.2 Å². The van der Waals surface area contributed by atoms with Crippen LogP contribution in [0.15, 0.2) is 4.42 Å². The monoisotopic (exact) mass is 253 g/mol. The molecule has 1 aromatic rings. The van der Waals surface area contributed by atoms with Crippen molar-refractivity contribution in [3.63, 3.8) is 0 Å². The molecule has 0 bridgehead atoms. The Kier molecular flexibility index (Phi) is 5.61. The van der Waals surface area contributed by atoms with Crippen LogP contribution in [0.2, 0.25) is 0 Å². The van der Waals surface area contributed by atoms with Gasteiger partial charge >= 0.3 is 0 Å². The van der Waals surface area contributed by atoms with Crippen molar-refractivity contribution < 1.29 is 9.15 Å². The molecular weight excluding hydrogens is 230 g/mol. The van der Waals surface area contributed by atoms with Gasteiger partial charge in [0.25, 0.3) is 0 Å². The number of aryl methyl sites for hydroxylation is 1. The van der Waals surface area contributed by atoms with Gasteiger partial charge in [-0.05, 0) is 38.8 Å². The molecule has 0 radical (unpaired) electrons.